The average molecular weight is 422 g/mol. The van der Waals surface area contributed by atoms with Crippen LogP contribution in [0, 0.1) is 10.1 Å². The lowest BCUT2D eigenvalue weighted by Gasteiger charge is -2.32. The Morgan fingerprint density at radius 1 is 1.44 bits per heavy atom. The molecule has 0 radical (unpaired) electrons. The molecule has 27 heavy (non-hydrogen) atoms. The van der Waals surface area contributed by atoms with Crippen molar-refractivity contribution in [3.05, 3.63) is 28.3 Å². The van der Waals surface area contributed by atoms with Gasteiger partial charge in [-0.1, -0.05) is 0 Å². The Balaban J connectivity index is 0.00000364. The number of nitrogens with two attached hydrogens (primary N) is 1. The van der Waals surface area contributed by atoms with E-state index in [9.17, 15) is 23.3 Å². The van der Waals surface area contributed by atoms with Crippen molar-refractivity contribution >= 4 is 39.7 Å². The monoisotopic (exact) mass is 421 g/mol. The second kappa shape index (κ2) is 9.83. The molecule has 0 saturated carbocycles. The van der Waals surface area contributed by atoms with Crippen LogP contribution in [0.25, 0.3) is 0 Å². The van der Waals surface area contributed by atoms with Crippen molar-refractivity contribution in [1.29, 1.82) is 0 Å². The topological polar surface area (TPSA) is 148 Å². The van der Waals surface area contributed by atoms with Crippen LogP contribution in [0.1, 0.15) is 19.3 Å². The first kappa shape index (κ1) is 23.1. The number of primary sulfonamides is 1. The van der Waals surface area contributed by atoms with Crippen molar-refractivity contribution in [2.75, 3.05) is 32.0 Å². The molecule has 1 unspecified atom stereocenters. The number of piperidine rings is 1. The number of nitro groups is 1. The maximum atomic E-state index is 12.3. The second-order valence-corrected chi connectivity index (χ2v) is 7.69. The molecule has 1 saturated heterocycles. The fourth-order valence-electron chi connectivity index (χ4n) is 2.89. The number of likely N-dealkylation sites (N-methyl/N-ethyl adjacent to an activating group) is 1. The lowest BCUT2D eigenvalue weighted by Crippen LogP contribution is -2.47. The van der Waals surface area contributed by atoms with Crippen LogP contribution in [0.2, 0.25) is 0 Å². The predicted octanol–water partition coefficient (Wildman–Crippen LogP) is 0.676. The van der Waals surface area contributed by atoms with Gasteiger partial charge >= 0.3 is 0 Å². The third kappa shape index (κ3) is 6.31. The summed E-state index contributed by atoms with van der Waals surface area (Å²) in [5, 5.41) is 22.1. The molecule has 1 atom stereocenters. The molecule has 1 aromatic rings. The lowest BCUT2D eigenvalue weighted by atomic mass is 10.1. The van der Waals surface area contributed by atoms with Gasteiger partial charge in [0.15, 0.2) is 0 Å². The van der Waals surface area contributed by atoms with Crippen LogP contribution in [0.5, 0.6) is 0 Å². The third-order valence-electron chi connectivity index (χ3n) is 4.33. The highest BCUT2D eigenvalue weighted by molar-refractivity contribution is 7.89. The van der Waals surface area contributed by atoms with Gasteiger partial charge in [-0.25, -0.2) is 13.6 Å². The zero-order valence-electron chi connectivity index (χ0n) is 14.9. The van der Waals surface area contributed by atoms with Crippen LogP contribution in [0.4, 0.5) is 11.4 Å². The molecule has 1 amide bonds. The molecule has 152 valence electrons. The van der Waals surface area contributed by atoms with Crippen LogP contribution in [-0.2, 0) is 14.8 Å². The van der Waals surface area contributed by atoms with Crippen molar-refractivity contribution in [2.24, 2.45) is 5.14 Å². The van der Waals surface area contributed by atoms with Crippen molar-refractivity contribution in [3.8, 4) is 0 Å². The van der Waals surface area contributed by atoms with Crippen LogP contribution in [-0.4, -0.2) is 56.9 Å². The molecule has 12 heteroatoms. The molecule has 1 aromatic carbocycles. The Morgan fingerprint density at radius 3 is 2.74 bits per heavy atom. The Morgan fingerprint density at radius 2 is 2.15 bits per heavy atom. The molecule has 1 fully saturated rings. The highest BCUT2D eigenvalue weighted by atomic mass is 35.5. The number of hydrogen-bond acceptors (Lipinski definition) is 7. The highest BCUT2D eigenvalue weighted by Gasteiger charge is 2.23. The van der Waals surface area contributed by atoms with E-state index in [1.54, 1.807) is 4.90 Å². The average Bonchev–Trinajstić information content (AvgIpc) is 2.60. The van der Waals surface area contributed by atoms with E-state index in [2.05, 4.69) is 10.6 Å². The van der Waals surface area contributed by atoms with Gasteiger partial charge in [0, 0.05) is 38.2 Å². The number of amides is 1. The number of benzene rings is 1. The van der Waals surface area contributed by atoms with Crippen LogP contribution < -0.4 is 15.8 Å². The first-order valence-electron chi connectivity index (χ1n) is 8.22. The summed E-state index contributed by atoms with van der Waals surface area (Å²) in [4.78, 5) is 24.2. The Hall–Kier alpha value is -1.95. The minimum absolute atomic E-state index is 0. The minimum atomic E-state index is -4.03. The molecular weight excluding hydrogens is 398 g/mol. The summed E-state index contributed by atoms with van der Waals surface area (Å²) in [6, 6.07) is 3.66. The van der Waals surface area contributed by atoms with Gasteiger partial charge in [-0.05, 0) is 32.0 Å². The summed E-state index contributed by atoms with van der Waals surface area (Å²) in [7, 11) is -2.17. The number of likely N-dealkylation sites (tertiary alicyclic amines) is 1. The molecule has 1 heterocycles. The van der Waals surface area contributed by atoms with E-state index in [0.717, 1.165) is 18.9 Å². The molecular formula is C15H24ClN5O5S. The number of nitrogens with one attached hydrogen (secondary N) is 2. The molecule has 0 spiro atoms. The number of halogens is 1. The van der Waals surface area contributed by atoms with E-state index in [4.69, 9.17) is 5.14 Å². The summed E-state index contributed by atoms with van der Waals surface area (Å²) in [6.07, 6.45) is 2.15. The highest BCUT2D eigenvalue weighted by Crippen LogP contribution is 2.27. The largest absolute Gasteiger partial charge is 0.379 e. The SMILES string of the molecule is CNC1CCCN(C(=O)CCNc2ccc(S(N)(=O)=O)cc2[N+](=O)[O-])C1.Cl. The number of hydrogen-bond donors (Lipinski definition) is 3. The number of carbonyl (C=O) groups is 1. The number of rotatable bonds is 7. The lowest BCUT2D eigenvalue weighted by molar-refractivity contribution is -0.384. The van der Waals surface area contributed by atoms with Gasteiger partial charge < -0.3 is 15.5 Å². The predicted molar refractivity (Wildman–Crippen MR) is 103 cm³/mol. The van der Waals surface area contributed by atoms with Gasteiger partial charge in [0.1, 0.15) is 5.69 Å². The summed E-state index contributed by atoms with van der Waals surface area (Å²) in [5.41, 5.74) is -0.265. The summed E-state index contributed by atoms with van der Waals surface area (Å²) in [6.45, 7) is 1.56. The van der Waals surface area contributed by atoms with E-state index >= 15 is 0 Å². The molecule has 1 aliphatic rings. The van der Waals surface area contributed by atoms with E-state index in [1.807, 2.05) is 7.05 Å². The number of nitrogens with zero attached hydrogens (tertiary/aromatic N) is 2. The van der Waals surface area contributed by atoms with Crippen LogP contribution >= 0.6 is 12.4 Å². The van der Waals surface area contributed by atoms with Gasteiger partial charge in [-0.3, -0.25) is 14.9 Å². The Bertz CT molecular complexity index is 789. The number of nitro benzene ring substituents is 1. The van der Waals surface area contributed by atoms with Crippen LogP contribution in [0.15, 0.2) is 23.1 Å². The van der Waals surface area contributed by atoms with Crippen molar-refractivity contribution < 1.29 is 18.1 Å². The Labute approximate surface area is 164 Å². The van der Waals surface area contributed by atoms with Crippen LogP contribution in [0.3, 0.4) is 0 Å². The van der Waals surface area contributed by atoms with E-state index < -0.39 is 20.6 Å². The van der Waals surface area contributed by atoms with Gasteiger partial charge in [0.25, 0.3) is 5.69 Å². The maximum absolute atomic E-state index is 12.3. The molecule has 4 N–H and O–H groups in total. The van der Waals surface area contributed by atoms with Gasteiger partial charge in [0.05, 0.1) is 9.82 Å². The summed E-state index contributed by atoms with van der Waals surface area (Å²) < 4.78 is 22.7. The number of anilines is 1. The molecule has 2 rings (SSSR count). The van der Waals surface area contributed by atoms with Gasteiger partial charge in [0.2, 0.25) is 15.9 Å². The third-order valence-corrected chi connectivity index (χ3v) is 5.24. The smallest absolute Gasteiger partial charge is 0.293 e. The van der Waals surface area contributed by atoms with Crippen molar-refractivity contribution in [1.82, 2.24) is 10.2 Å². The zero-order valence-corrected chi connectivity index (χ0v) is 16.5. The number of sulfonamides is 1. The fraction of sp³-hybridized carbons (Fsp3) is 0.533. The summed E-state index contributed by atoms with van der Waals surface area (Å²) in [5.74, 6) is -0.0266. The van der Waals surface area contributed by atoms with Gasteiger partial charge in [-0.2, -0.15) is 0 Å². The van der Waals surface area contributed by atoms with Crippen molar-refractivity contribution in [3.63, 3.8) is 0 Å². The van der Waals surface area contributed by atoms with Gasteiger partial charge in [-0.15, -0.1) is 12.4 Å². The first-order valence-corrected chi connectivity index (χ1v) is 9.77. The molecule has 1 aliphatic heterocycles. The standard InChI is InChI=1S/C15H23N5O5S.ClH/c1-17-11-3-2-8-19(10-11)15(21)6-7-18-13-5-4-12(26(16,24)25)9-14(13)20(22)23;/h4-5,9,11,17-18H,2-3,6-8,10H2,1H3,(H2,16,24,25);1H. The fourth-order valence-corrected chi connectivity index (χ4v) is 3.42. The first-order chi connectivity index (χ1) is 12.2. The molecule has 0 aliphatic carbocycles. The van der Waals surface area contributed by atoms with Crippen molar-refractivity contribution in [2.45, 2.75) is 30.2 Å². The quantitative estimate of drug-likeness (QED) is 0.433. The van der Waals surface area contributed by atoms with E-state index in [-0.39, 0.29) is 47.9 Å². The Kier molecular flexibility index (Phi) is 8.41. The number of carbonyl (C=O) groups excluding carboxylic acids is 1. The molecule has 10 nitrogen and oxygen atoms in total. The molecule has 0 aromatic heterocycles. The van der Waals surface area contributed by atoms with E-state index in [0.29, 0.717) is 13.1 Å². The van der Waals surface area contributed by atoms with E-state index in [1.165, 1.54) is 12.1 Å². The zero-order chi connectivity index (χ0) is 19.3. The molecule has 0 bridgehead atoms. The summed E-state index contributed by atoms with van der Waals surface area (Å²) >= 11 is 0. The maximum Gasteiger partial charge on any atom is 0.293 e. The second-order valence-electron chi connectivity index (χ2n) is 6.13. The normalized spacial score (nSPS) is 17.1. The minimum Gasteiger partial charge on any atom is -0.379 e.